The molecule has 3 aromatic rings. The van der Waals surface area contributed by atoms with Crippen LogP contribution in [0.2, 0.25) is 0 Å². The number of amides is 3. The Morgan fingerprint density at radius 3 is 2.54 bits per heavy atom. The van der Waals surface area contributed by atoms with Crippen molar-refractivity contribution in [2.24, 2.45) is 5.10 Å². The molecule has 3 amide bonds. The Labute approximate surface area is 162 Å². The first-order valence-corrected chi connectivity index (χ1v) is 8.86. The van der Waals surface area contributed by atoms with Crippen LogP contribution in [0.4, 0.5) is 4.79 Å². The molecule has 1 fully saturated rings. The number of H-pyrrole nitrogens is 1. The third-order valence-electron chi connectivity index (χ3n) is 5.08. The highest BCUT2D eigenvalue weighted by Crippen LogP contribution is 2.30. The molecule has 4 rings (SSSR count). The third-order valence-corrected chi connectivity index (χ3v) is 5.08. The number of hydrazone groups is 1. The summed E-state index contributed by atoms with van der Waals surface area (Å²) in [4.78, 5) is 28.7. The molecule has 28 heavy (non-hydrogen) atoms. The smallest absolute Gasteiger partial charge is 0.346 e. The molecule has 2 heterocycles. The van der Waals surface area contributed by atoms with E-state index in [1.807, 2.05) is 31.2 Å². The maximum Gasteiger partial charge on any atom is 0.346 e. The number of nitrogens with zero attached hydrogens (tertiary/aromatic N) is 2. The number of para-hydroxylation sites is 1. The van der Waals surface area contributed by atoms with Crippen LogP contribution in [-0.2, 0) is 10.3 Å². The van der Waals surface area contributed by atoms with E-state index in [0.717, 1.165) is 27.2 Å². The van der Waals surface area contributed by atoms with E-state index >= 15 is 0 Å². The van der Waals surface area contributed by atoms with Gasteiger partial charge in [-0.05, 0) is 37.6 Å². The minimum atomic E-state index is -1.18. The first kappa shape index (κ1) is 17.8. The van der Waals surface area contributed by atoms with Crippen LogP contribution in [-0.4, -0.2) is 35.3 Å². The van der Waals surface area contributed by atoms with Crippen LogP contribution in [0.3, 0.4) is 0 Å². The number of methoxy groups -OCH3 is 1. The monoisotopic (exact) mass is 376 g/mol. The second-order valence-corrected chi connectivity index (χ2v) is 6.85. The number of hydrogen-bond donors (Lipinski definition) is 2. The highest BCUT2D eigenvalue weighted by atomic mass is 16.5. The fraction of sp³-hybridized carbons (Fsp3) is 0.190. The first-order valence-electron chi connectivity index (χ1n) is 8.86. The maximum atomic E-state index is 13.0. The largest absolute Gasteiger partial charge is 0.497 e. The summed E-state index contributed by atoms with van der Waals surface area (Å²) < 4.78 is 5.15. The van der Waals surface area contributed by atoms with Gasteiger partial charge in [-0.2, -0.15) is 5.10 Å². The molecular formula is C21H20N4O3. The molecule has 1 unspecified atom stereocenters. The van der Waals surface area contributed by atoms with Gasteiger partial charge >= 0.3 is 6.03 Å². The van der Waals surface area contributed by atoms with Crippen molar-refractivity contribution in [2.45, 2.75) is 19.4 Å². The lowest BCUT2D eigenvalue weighted by Gasteiger charge is -2.21. The zero-order valence-corrected chi connectivity index (χ0v) is 15.8. The summed E-state index contributed by atoms with van der Waals surface area (Å²) in [6.45, 7) is 3.59. The molecule has 0 saturated carbocycles. The fourth-order valence-corrected chi connectivity index (χ4v) is 3.43. The van der Waals surface area contributed by atoms with Gasteiger partial charge in [-0.1, -0.05) is 30.3 Å². The Kier molecular flexibility index (Phi) is 4.15. The standard InChI is InChI=1S/C21H20N4O3/c1-13-17(16-6-4-5-7-18(16)23-13)12-22-25-19(26)21(2,24-20(25)27)14-8-10-15(28-3)11-9-14/h4-12,23H,1-3H3,(H,24,27)/b22-12+. The summed E-state index contributed by atoms with van der Waals surface area (Å²) in [6.07, 6.45) is 1.55. The van der Waals surface area contributed by atoms with Gasteiger partial charge in [0.2, 0.25) is 0 Å². The van der Waals surface area contributed by atoms with E-state index in [1.165, 1.54) is 0 Å². The summed E-state index contributed by atoms with van der Waals surface area (Å²) in [5.74, 6) is 0.241. The van der Waals surface area contributed by atoms with Crippen molar-refractivity contribution < 1.29 is 14.3 Å². The van der Waals surface area contributed by atoms with Gasteiger partial charge < -0.3 is 15.0 Å². The molecular weight excluding hydrogens is 356 g/mol. The molecule has 1 aliphatic rings. The quantitative estimate of drug-likeness (QED) is 0.541. The lowest BCUT2D eigenvalue weighted by Crippen LogP contribution is -2.40. The number of aromatic nitrogens is 1. The predicted octanol–water partition coefficient (Wildman–Crippen LogP) is 3.29. The minimum absolute atomic E-state index is 0.434. The number of rotatable bonds is 4. The topological polar surface area (TPSA) is 86.8 Å². The molecule has 1 aromatic heterocycles. The molecule has 0 bridgehead atoms. The zero-order valence-electron chi connectivity index (χ0n) is 15.8. The second kappa shape index (κ2) is 6.53. The van der Waals surface area contributed by atoms with Gasteiger partial charge in [-0.25, -0.2) is 4.79 Å². The highest BCUT2D eigenvalue weighted by molar-refractivity contribution is 6.08. The fourth-order valence-electron chi connectivity index (χ4n) is 3.43. The van der Waals surface area contributed by atoms with Crippen molar-refractivity contribution in [2.75, 3.05) is 7.11 Å². The Bertz CT molecular complexity index is 1100. The van der Waals surface area contributed by atoms with Crippen LogP contribution in [0.5, 0.6) is 5.75 Å². The molecule has 0 radical (unpaired) electrons. The van der Waals surface area contributed by atoms with Crippen molar-refractivity contribution in [1.29, 1.82) is 0 Å². The number of nitrogens with one attached hydrogen (secondary N) is 2. The maximum absolute atomic E-state index is 13.0. The van der Waals surface area contributed by atoms with Gasteiger partial charge in [-0.15, -0.1) is 5.01 Å². The molecule has 2 aromatic carbocycles. The van der Waals surface area contributed by atoms with E-state index in [0.29, 0.717) is 11.3 Å². The molecule has 1 aliphatic heterocycles. The number of aryl methyl sites for hydroxylation is 1. The van der Waals surface area contributed by atoms with Crippen LogP contribution >= 0.6 is 0 Å². The molecule has 2 N–H and O–H groups in total. The van der Waals surface area contributed by atoms with Crippen molar-refractivity contribution in [3.05, 3.63) is 65.4 Å². The Hall–Kier alpha value is -3.61. The van der Waals surface area contributed by atoms with Gasteiger partial charge in [0, 0.05) is 22.2 Å². The van der Waals surface area contributed by atoms with E-state index in [9.17, 15) is 9.59 Å². The van der Waals surface area contributed by atoms with Crippen molar-refractivity contribution in [3.63, 3.8) is 0 Å². The van der Waals surface area contributed by atoms with Crippen LogP contribution in [0.25, 0.3) is 10.9 Å². The average molecular weight is 376 g/mol. The number of carbonyl (C=O) groups excluding carboxylic acids is 2. The van der Waals surface area contributed by atoms with Gasteiger partial charge in [-0.3, -0.25) is 4.79 Å². The van der Waals surface area contributed by atoms with Gasteiger partial charge in [0.15, 0.2) is 0 Å². The van der Waals surface area contributed by atoms with E-state index < -0.39 is 17.5 Å². The highest BCUT2D eigenvalue weighted by Gasteiger charge is 2.49. The lowest BCUT2D eigenvalue weighted by molar-refractivity contribution is -0.131. The lowest BCUT2D eigenvalue weighted by atomic mass is 9.92. The predicted molar refractivity (Wildman–Crippen MR) is 106 cm³/mol. The summed E-state index contributed by atoms with van der Waals surface area (Å²) >= 11 is 0. The van der Waals surface area contributed by atoms with Gasteiger partial charge in [0.05, 0.1) is 13.3 Å². The molecule has 142 valence electrons. The third kappa shape index (κ3) is 2.72. The van der Waals surface area contributed by atoms with Crippen molar-refractivity contribution >= 4 is 29.1 Å². The summed E-state index contributed by atoms with van der Waals surface area (Å²) in [5, 5.41) is 8.80. The summed E-state index contributed by atoms with van der Waals surface area (Å²) in [7, 11) is 1.57. The molecule has 1 saturated heterocycles. The van der Waals surface area contributed by atoms with Crippen LogP contribution in [0.1, 0.15) is 23.7 Å². The Morgan fingerprint density at radius 1 is 1.11 bits per heavy atom. The SMILES string of the molecule is COc1ccc(C2(C)NC(=O)N(/N=C/c3c(C)[nH]c4ccccc34)C2=O)cc1. The number of benzene rings is 2. The number of fused-ring (bicyclic) bond motifs is 1. The van der Waals surface area contributed by atoms with Crippen LogP contribution < -0.4 is 10.1 Å². The Balaban J connectivity index is 1.65. The van der Waals surface area contributed by atoms with Crippen LogP contribution in [0.15, 0.2) is 53.6 Å². The number of hydrogen-bond acceptors (Lipinski definition) is 4. The molecule has 0 spiro atoms. The minimum Gasteiger partial charge on any atom is -0.497 e. The van der Waals surface area contributed by atoms with E-state index in [2.05, 4.69) is 15.4 Å². The van der Waals surface area contributed by atoms with E-state index in [4.69, 9.17) is 4.74 Å². The first-order chi connectivity index (χ1) is 13.4. The average Bonchev–Trinajstić information content (AvgIpc) is 3.13. The Morgan fingerprint density at radius 2 is 1.82 bits per heavy atom. The van der Waals surface area contributed by atoms with Crippen molar-refractivity contribution in [1.82, 2.24) is 15.3 Å². The van der Waals surface area contributed by atoms with Crippen LogP contribution in [0, 0.1) is 6.92 Å². The number of ether oxygens (including phenoxy) is 1. The van der Waals surface area contributed by atoms with Gasteiger partial charge in [0.1, 0.15) is 11.3 Å². The number of carbonyl (C=O) groups is 2. The molecule has 0 aliphatic carbocycles. The van der Waals surface area contributed by atoms with Gasteiger partial charge in [0.25, 0.3) is 5.91 Å². The van der Waals surface area contributed by atoms with E-state index in [-0.39, 0.29) is 0 Å². The van der Waals surface area contributed by atoms with E-state index in [1.54, 1.807) is 44.5 Å². The molecule has 1 atom stereocenters. The second-order valence-electron chi connectivity index (χ2n) is 6.85. The van der Waals surface area contributed by atoms with Crippen molar-refractivity contribution in [3.8, 4) is 5.75 Å². The normalized spacial score (nSPS) is 19.6. The molecule has 7 heteroatoms. The number of aromatic amines is 1. The number of urea groups is 1. The summed E-state index contributed by atoms with van der Waals surface area (Å²) in [5.41, 5.74) is 2.20. The number of imide groups is 1. The summed E-state index contributed by atoms with van der Waals surface area (Å²) in [6, 6.07) is 14.3. The zero-order chi connectivity index (χ0) is 19.9. The molecule has 7 nitrogen and oxygen atoms in total.